The fraction of sp³-hybridized carbons (Fsp3) is 0.100. The van der Waals surface area contributed by atoms with E-state index in [1.54, 1.807) is 22.9 Å². The smallest absolute Gasteiger partial charge is 0.183 e. The standard InChI is InChI=1S/C20H16FN9O/c21-11-29-9-16(27-28-29)14-5-6-15-19(25-14)30(13-3-1-12(10-31)2-4-13)20(26-15)17-18(22)24-8-7-23-17/h1-9,31H,10-11H2,(H2,22,24). The Hall–Kier alpha value is -4.25. The number of rotatable bonds is 5. The molecule has 0 aliphatic carbocycles. The Balaban J connectivity index is 1.76. The predicted octanol–water partition coefficient (Wildman–Crippen LogP) is 2.14. The van der Waals surface area contributed by atoms with Crippen LogP contribution in [0.1, 0.15) is 5.56 Å². The first-order valence-electron chi connectivity index (χ1n) is 9.31. The minimum atomic E-state index is -0.777. The Morgan fingerprint density at radius 3 is 2.48 bits per heavy atom. The van der Waals surface area contributed by atoms with Crippen LogP contribution in [0.25, 0.3) is 39.8 Å². The zero-order valence-corrected chi connectivity index (χ0v) is 16.1. The third-order valence-electron chi connectivity index (χ3n) is 4.74. The Labute approximate surface area is 174 Å². The van der Waals surface area contributed by atoms with Gasteiger partial charge in [0.2, 0.25) is 0 Å². The molecule has 0 saturated carbocycles. The molecule has 0 fully saturated rings. The summed E-state index contributed by atoms with van der Waals surface area (Å²) in [5.74, 6) is 0.701. The van der Waals surface area contributed by atoms with E-state index in [0.717, 1.165) is 15.9 Å². The molecule has 31 heavy (non-hydrogen) atoms. The van der Waals surface area contributed by atoms with Gasteiger partial charge in [0.25, 0.3) is 0 Å². The molecule has 5 rings (SSSR count). The van der Waals surface area contributed by atoms with Gasteiger partial charge in [0.15, 0.2) is 24.1 Å². The largest absolute Gasteiger partial charge is 0.392 e. The Bertz CT molecular complexity index is 1380. The fourth-order valence-corrected chi connectivity index (χ4v) is 3.25. The van der Waals surface area contributed by atoms with Gasteiger partial charge in [0, 0.05) is 18.1 Å². The van der Waals surface area contributed by atoms with Gasteiger partial charge < -0.3 is 10.8 Å². The number of imidazole rings is 1. The number of benzene rings is 1. The SMILES string of the molecule is Nc1nccnc1-c1nc2ccc(-c3cn(CF)nn3)nc2n1-c1ccc(CO)cc1. The lowest BCUT2D eigenvalue weighted by Gasteiger charge is -2.10. The minimum Gasteiger partial charge on any atom is -0.392 e. The topological polar surface area (TPSA) is 133 Å². The van der Waals surface area contributed by atoms with Crippen molar-refractivity contribution in [2.75, 3.05) is 5.73 Å². The van der Waals surface area contributed by atoms with E-state index in [1.807, 2.05) is 24.3 Å². The van der Waals surface area contributed by atoms with Gasteiger partial charge >= 0.3 is 0 Å². The second kappa shape index (κ2) is 7.54. The van der Waals surface area contributed by atoms with Gasteiger partial charge in [0.05, 0.1) is 18.5 Å². The van der Waals surface area contributed by atoms with Crippen LogP contribution in [0.2, 0.25) is 0 Å². The molecule has 3 N–H and O–H groups in total. The number of nitrogen functional groups attached to an aromatic ring is 1. The van der Waals surface area contributed by atoms with E-state index in [-0.39, 0.29) is 12.4 Å². The molecule has 0 atom stereocenters. The van der Waals surface area contributed by atoms with Gasteiger partial charge in [-0.2, -0.15) is 0 Å². The van der Waals surface area contributed by atoms with Crippen LogP contribution in [-0.4, -0.2) is 44.6 Å². The van der Waals surface area contributed by atoms with Crippen LogP contribution in [0.4, 0.5) is 10.2 Å². The molecular formula is C20H16FN9O. The van der Waals surface area contributed by atoms with Gasteiger partial charge in [-0.3, -0.25) is 4.57 Å². The maximum Gasteiger partial charge on any atom is 0.183 e. The monoisotopic (exact) mass is 417 g/mol. The first kappa shape index (κ1) is 18.8. The summed E-state index contributed by atoms with van der Waals surface area (Å²) in [6, 6.07) is 10.8. The van der Waals surface area contributed by atoms with Gasteiger partial charge in [-0.15, -0.1) is 5.10 Å². The van der Waals surface area contributed by atoms with Crippen molar-refractivity contribution < 1.29 is 9.50 Å². The number of fused-ring (bicyclic) bond motifs is 1. The molecule has 0 bridgehead atoms. The van der Waals surface area contributed by atoms with Gasteiger partial charge in [-0.1, -0.05) is 17.3 Å². The molecule has 0 aliphatic heterocycles. The van der Waals surface area contributed by atoms with E-state index in [2.05, 4.69) is 25.3 Å². The van der Waals surface area contributed by atoms with Gasteiger partial charge in [-0.05, 0) is 29.8 Å². The van der Waals surface area contributed by atoms with Crippen molar-refractivity contribution in [3.8, 4) is 28.6 Å². The Morgan fingerprint density at radius 1 is 0.968 bits per heavy atom. The zero-order valence-electron chi connectivity index (χ0n) is 16.1. The number of pyridine rings is 1. The molecule has 10 nitrogen and oxygen atoms in total. The Morgan fingerprint density at radius 2 is 1.77 bits per heavy atom. The van der Waals surface area contributed by atoms with Crippen molar-refractivity contribution in [1.29, 1.82) is 0 Å². The van der Waals surface area contributed by atoms with Crippen molar-refractivity contribution >= 4 is 17.0 Å². The maximum atomic E-state index is 12.9. The van der Waals surface area contributed by atoms with Crippen LogP contribution in [-0.2, 0) is 13.4 Å². The highest BCUT2D eigenvalue weighted by atomic mass is 19.1. The molecule has 4 heterocycles. The number of halogens is 1. The van der Waals surface area contributed by atoms with Crippen molar-refractivity contribution in [3.63, 3.8) is 0 Å². The van der Waals surface area contributed by atoms with E-state index in [9.17, 15) is 9.50 Å². The second-order valence-electron chi connectivity index (χ2n) is 6.69. The number of anilines is 1. The Kier molecular flexibility index (Phi) is 4.56. The molecule has 5 aromatic rings. The van der Waals surface area contributed by atoms with Crippen LogP contribution in [0, 0.1) is 0 Å². The third kappa shape index (κ3) is 3.26. The summed E-state index contributed by atoms with van der Waals surface area (Å²) in [5.41, 5.74) is 10.1. The number of hydrogen-bond donors (Lipinski definition) is 2. The third-order valence-corrected chi connectivity index (χ3v) is 4.74. The predicted molar refractivity (Wildman–Crippen MR) is 110 cm³/mol. The van der Waals surface area contributed by atoms with Crippen molar-refractivity contribution in [2.45, 2.75) is 13.4 Å². The van der Waals surface area contributed by atoms with Crippen LogP contribution < -0.4 is 5.73 Å². The number of hydrogen-bond acceptors (Lipinski definition) is 8. The summed E-state index contributed by atoms with van der Waals surface area (Å²) in [7, 11) is 0. The fourth-order valence-electron chi connectivity index (χ4n) is 3.25. The molecule has 1 aromatic carbocycles. The molecule has 154 valence electrons. The lowest BCUT2D eigenvalue weighted by atomic mass is 10.2. The van der Waals surface area contributed by atoms with Crippen LogP contribution >= 0.6 is 0 Å². The summed E-state index contributed by atoms with van der Waals surface area (Å²) in [6.07, 6.45) is 4.53. The summed E-state index contributed by atoms with van der Waals surface area (Å²) in [5, 5.41) is 17.1. The molecule has 0 amide bonds. The normalized spacial score (nSPS) is 11.3. The van der Waals surface area contributed by atoms with Crippen molar-refractivity contribution in [1.82, 2.24) is 39.5 Å². The highest BCUT2D eigenvalue weighted by Crippen LogP contribution is 2.30. The molecule has 0 unspecified atom stereocenters. The zero-order chi connectivity index (χ0) is 21.4. The van der Waals surface area contributed by atoms with Crippen molar-refractivity contribution in [2.24, 2.45) is 0 Å². The summed E-state index contributed by atoms with van der Waals surface area (Å²) in [4.78, 5) is 17.9. The molecule has 0 aliphatic rings. The summed E-state index contributed by atoms with van der Waals surface area (Å²) < 4.78 is 15.8. The van der Waals surface area contributed by atoms with E-state index in [4.69, 9.17) is 10.7 Å². The number of nitrogens with zero attached hydrogens (tertiary/aromatic N) is 8. The minimum absolute atomic E-state index is 0.0679. The molecule has 4 aromatic heterocycles. The lowest BCUT2D eigenvalue weighted by Crippen LogP contribution is -2.04. The average molecular weight is 417 g/mol. The number of aliphatic hydroxyl groups is 1. The van der Waals surface area contributed by atoms with Crippen LogP contribution in [0.15, 0.2) is 55.0 Å². The summed E-state index contributed by atoms with van der Waals surface area (Å²) in [6.45, 7) is -0.845. The van der Waals surface area contributed by atoms with E-state index in [1.165, 1.54) is 12.4 Å². The van der Waals surface area contributed by atoms with Gasteiger partial charge in [0.1, 0.15) is 16.9 Å². The molecule has 0 radical (unpaired) electrons. The van der Waals surface area contributed by atoms with Crippen molar-refractivity contribution in [3.05, 3.63) is 60.6 Å². The van der Waals surface area contributed by atoms with Gasteiger partial charge in [-0.25, -0.2) is 29.0 Å². The van der Waals surface area contributed by atoms with E-state index in [0.29, 0.717) is 34.1 Å². The quantitative estimate of drug-likeness (QED) is 0.444. The van der Waals surface area contributed by atoms with E-state index >= 15 is 0 Å². The molecule has 0 saturated heterocycles. The number of aromatic nitrogens is 8. The highest BCUT2D eigenvalue weighted by molar-refractivity contribution is 5.83. The molecular weight excluding hydrogens is 401 g/mol. The first-order chi connectivity index (χ1) is 15.2. The second-order valence-corrected chi connectivity index (χ2v) is 6.69. The maximum absolute atomic E-state index is 12.9. The molecule has 0 spiro atoms. The number of alkyl halides is 1. The summed E-state index contributed by atoms with van der Waals surface area (Å²) >= 11 is 0. The number of nitrogens with two attached hydrogens (primary N) is 1. The van der Waals surface area contributed by atoms with Crippen LogP contribution in [0.3, 0.4) is 0 Å². The highest BCUT2D eigenvalue weighted by Gasteiger charge is 2.20. The molecule has 11 heteroatoms. The van der Waals surface area contributed by atoms with Crippen LogP contribution in [0.5, 0.6) is 0 Å². The number of aliphatic hydroxyl groups excluding tert-OH is 1. The first-order valence-corrected chi connectivity index (χ1v) is 9.31. The average Bonchev–Trinajstić information content (AvgIpc) is 3.44. The lowest BCUT2D eigenvalue weighted by molar-refractivity contribution is 0.282. The van der Waals surface area contributed by atoms with E-state index < -0.39 is 6.80 Å².